The monoisotopic (exact) mass is 373 g/mol. The van der Waals surface area contributed by atoms with Gasteiger partial charge in [-0.15, -0.1) is 0 Å². The van der Waals surface area contributed by atoms with Gasteiger partial charge < -0.3 is 9.47 Å². The Morgan fingerprint density at radius 1 is 1.04 bits per heavy atom. The summed E-state index contributed by atoms with van der Waals surface area (Å²) in [6.07, 6.45) is 7.44. The van der Waals surface area contributed by atoms with E-state index in [0.717, 1.165) is 25.7 Å². The van der Waals surface area contributed by atoms with E-state index in [2.05, 4.69) is 6.42 Å². The van der Waals surface area contributed by atoms with Crippen molar-refractivity contribution in [2.24, 2.45) is 0 Å². The average molecular weight is 373 g/mol. The van der Waals surface area contributed by atoms with Crippen LogP contribution in [0.4, 0.5) is 8.78 Å². The van der Waals surface area contributed by atoms with Crippen molar-refractivity contribution < 1.29 is 23.0 Å². The minimum Gasteiger partial charge on any atom is -0.490 e. The van der Waals surface area contributed by atoms with Gasteiger partial charge in [0, 0.05) is 0 Å². The van der Waals surface area contributed by atoms with Crippen molar-refractivity contribution in [1.82, 2.24) is 0 Å². The fourth-order valence-electron chi connectivity index (χ4n) is 3.24. The maximum absolute atomic E-state index is 14.2. The average Bonchev–Trinajstić information content (AvgIpc) is 2.70. The number of carbonyl (C=O) groups excluding carboxylic acids is 1. The topological polar surface area (TPSA) is 35.5 Å². The van der Waals surface area contributed by atoms with Crippen molar-refractivity contribution in [1.29, 1.82) is 0 Å². The third kappa shape index (κ3) is 4.65. The molecule has 0 N–H and O–H groups in total. The number of hydrogen-bond donors (Lipinski definition) is 0. The van der Waals surface area contributed by atoms with Crippen molar-refractivity contribution in [3.63, 3.8) is 0 Å². The Kier molecular flexibility index (Phi) is 6.43. The Bertz CT molecular complexity index is 781. The number of esters is 1. The molecule has 0 spiro atoms. The van der Waals surface area contributed by atoms with Gasteiger partial charge in [0.2, 0.25) is 5.82 Å². The molecule has 0 atom stereocenters. The molecule has 2 aromatic carbocycles. The molecule has 0 unspecified atom stereocenters. The first-order valence-electron chi connectivity index (χ1n) is 9.34. The summed E-state index contributed by atoms with van der Waals surface area (Å²) >= 11 is 0. The van der Waals surface area contributed by atoms with Crippen LogP contribution in [0.1, 0.15) is 60.9 Å². The van der Waals surface area contributed by atoms with Crippen LogP contribution in [0.5, 0.6) is 11.5 Å². The molecule has 0 heterocycles. The third-order valence-electron chi connectivity index (χ3n) is 4.73. The summed E-state index contributed by atoms with van der Waals surface area (Å²) in [6, 6.07) is 9.66. The summed E-state index contributed by atoms with van der Waals surface area (Å²) in [5, 5.41) is 0. The van der Waals surface area contributed by atoms with Crippen molar-refractivity contribution in [2.45, 2.75) is 44.9 Å². The van der Waals surface area contributed by atoms with E-state index in [-0.39, 0.29) is 12.4 Å². The zero-order chi connectivity index (χ0) is 19.2. The van der Waals surface area contributed by atoms with Gasteiger partial charge in [-0.2, -0.15) is 4.39 Å². The lowest BCUT2D eigenvalue weighted by Crippen LogP contribution is -2.13. The van der Waals surface area contributed by atoms with Gasteiger partial charge in [0.05, 0.1) is 12.2 Å². The first-order valence-corrected chi connectivity index (χ1v) is 9.34. The summed E-state index contributed by atoms with van der Waals surface area (Å²) in [5.41, 5.74) is 0.751. The standard InChI is InChI=1S/C22H23F2O3/c1-2-14-26-19-13-12-18(20(23)21(19)24)22(25)27-17-10-8-16(9-11-17)15-6-4-3-5-7-15/h3,8-13,15H,2,4-7,14H2,1H3. The third-order valence-corrected chi connectivity index (χ3v) is 4.73. The lowest BCUT2D eigenvalue weighted by molar-refractivity contribution is 0.0728. The quantitative estimate of drug-likeness (QED) is 0.472. The Labute approximate surface area is 158 Å². The minimum absolute atomic E-state index is 0.208. The number of carbonyl (C=O) groups is 1. The number of halogens is 2. The van der Waals surface area contributed by atoms with Gasteiger partial charge in [-0.1, -0.05) is 19.1 Å². The molecule has 0 bridgehead atoms. The molecule has 1 aliphatic rings. The van der Waals surface area contributed by atoms with Gasteiger partial charge in [-0.05, 0) is 74.3 Å². The van der Waals surface area contributed by atoms with E-state index in [1.165, 1.54) is 17.7 Å². The molecule has 143 valence electrons. The predicted octanol–water partition coefficient (Wildman–Crippen LogP) is 5.83. The molecule has 27 heavy (non-hydrogen) atoms. The van der Waals surface area contributed by atoms with E-state index in [0.29, 0.717) is 18.1 Å². The lowest BCUT2D eigenvalue weighted by Gasteiger charge is -2.21. The predicted molar refractivity (Wildman–Crippen MR) is 99.1 cm³/mol. The summed E-state index contributed by atoms with van der Waals surface area (Å²) < 4.78 is 38.6. The molecule has 1 radical (unpaired) electrons. The molecule has 2 aromatic rings. The van der Waals surface area contributed by atoms with Crippen molar-refractivity contribution in [3.05, 3.63) is 65.6 Å². The first kappa shape index (κ1) is 19.3. The van der Waals surface area contributed by atoms with E-state index in [1.54, 1.807) is 12.1 Å². The van der Waals surface area contributed by atoms with Crippen LogP contribution >= 0.6 is 0 Å². The molecule has 0 saturated heterocycles. The van der Waals surface area contributed by atoms with Crippen molar-refractivity contribution in [2.75, 3.05) is 6.61 Å². The Morgan fingerprint density at radius 2 is 1.74 bits per heavy atom. The van der Waals surface area contributed by atoms with Crippen molar-refractivity contribution >= 4 is 5.97 Å². The molecular formula is C22H23F2O3. The first-order chi connectivity index (χ1) is 13.1. The number of ether oxygens (including phenoxy) is 2. The normalized spacial score (nSPS) is 14.8. The molecule has 0 aromatic heterocycles. The highest BCUT2D eigenvalue weighted by Crippen LogP contribution is 2.33. The number of rotatable bonds is 6. The maximum Gasteiger partial charge on any atom is 0.346 e. The van der Waals surface area contributed by atoms with Crippen LogP contribution in [0.3, 0.4) is 0 Å². The van der Waals surface area contributed by atoms with E-state index in [4.69, 9.17) is 9.47 Å². The van der Waals surface area contributed by atoms with E-state index >= 15 is 0 Å². The lowest BCUT2D eigenvalue weighted by atomic mass is 9.84. The Balaban J connectivity index is 1.68. The smallest absolute Gasteiger partial charge is 0.346 e. The molecule has 0 amide bonds. The molecule has 0 aliphatic heterocycles. The van der Waals surface area contributed by atoms with Crippen LogP contribution in [0, 0.1) is 18.1 Å². The van der Waals surface area contributed by atoms with Crippen LogP contribution in [-0.4, -0.2) is 12.6 Å². The minimum atomic E-state index is -1.26. The summed E-state index contributed by atoms with van der Waals surface area (Å²) in [5.74, 6) is -2.77. The van der Waals surface area contributed by atoms with Crippen molar-refractivity contribution in [3.8, 4) is 11.5 Å². The second-order valence-corrected chi connectivity index (χ2v) is 6.69. The maximum atomic E-state index is 14.2. The highest BCUT2D eigenvalue weighted by atomic mass is 19.2. The summed E-state index contributed by atoms with van der Waals surface area (Å²) in [7, 11) is 0. The molecule has 3 rings (SSSR count). The molecule has 1 aliphatic carbocycles. The Morgan fingerprint density at radius 3 is 2.41 bits per heavy atom. The van der Waals surface area contributed by atoms with Gasteiger partial charge in [0.1, 0.15) is 5.75 Å². The summed E-state index contributed by atoms with van der Waals surface area (Å²) in [4.78, 5) is 12.2. The van der Waals surface area contributed by atoms with Gasteiger partial charge in [-0.3, -0.25) is 0 Å². The van der Waals surface area contributed by atoms with Crippen LogP contribution in [0.15, 0.2) is 36.4 Å². The largest absolute Gasteiger partial charge is 0.490 e. The van der Waals surface area contributed by atoms with Crippen LogP contribution < -0.4 is 9.47 Å². The highest BCUT2D eigenvalue weighted by Gasteiger charge is 2.21. The molecular weight excluding hydrogens is 350 g/mol. The fourth-order valence-corrected chi connectivity index (χ4v) is 3.24. The van der Waals surface area contributed by atoms with Crippen LogP contribution in [0.2, 0.25) is 0 Å². The van der Waals surface area contributed by atoms with Gasteiger partial charge in [0.25, 0.3) is 0 Å². The Hall–Kier alpha value is -2.43. The van der Waals surface area contributed by atoms with E-state index < -0.39 is 23.2 Å². The molecule has 1 saturated carbocycles. The van der Waals surface area contributed by atoms with E-state index in [1.807, 2.05) is 19.1 Å². The second kappa shape index (κ2) is 8.98. The van der Waals surface area contributed by atoms with E-state index in [9.17, 15) is 13.6 Å². The SMILES string of the molecule is CCCOc1ccc(C(=O)Oc2ccc(C3CC[CH]CC3)cc2)c(F)c1F. The number of hydrogen-bond acceptors (Lipinski definition) is 3. The molecule has 5 heteroatoms. The van der Waals surface area contributed by atoms with Gasteiger partial charge in [-0.25, -0.2) is 9.18 Å². The van der Waals surface area contributed by atoms with Crippen LogP contribution in [-0.2, 0) is 0 Å². The summed E-state index contributed by atoms with van der Waals surface area (Å²) in [6.45, 7) is 2.13. The van der Waals surface area contributed by atoms with Gasteiger partial charge >= 0.3 is 5.97 Å². The highest BCUT2D eigenvalue weighted by molar-refractivity contribution is 5.91. The zero-order valence-corrected chi connectivity index (χ0v) is 15.3. The second-order valence-electron chi connectivity index (χ2n) is 6.69. The fraction of sp³-hybridized carbons (Fsp3) is 0.364. The molecule has 3 nitrogen and oxygen atoms in total. The molecule has 1 fully saturated rings. The number of benzene rings is 2. The zero-order valence-electron chi connectivity index (χ0n) is 15.3. The van der Waals surface area contributed by atoms with Crippen LogP contribution in [0.25, 0.3) is 0 Å². The van der Waals surface area contributed by atoms with Gasteiger partial charge in [0.15, 0.2) is 11.6 Å².